The molecule has 0 heterocycles. The summed E-state index contributed by atoms with van der Waals surface area (Å²) in [7, 11) is 0. The van der Waals surface area contributed by atoms with Crippen molar-refractivity contribution in [2.24, 2.45) is 5.73 Å². The number of halogens is 4. The van der Waals surface area contributed by atoms with Crippen LogP contribution >= 0.6 is 0 Å². The molecule has 1 rings (SSSR count). The molecule has 1 aromatic carbocycles. The molecule has 6 heteroatoms. The van der Waals surface area contributed by atoms with Crippen LogP contribution in [0.1, 0.15) is 18.5 Å². The van der Waals surface area contributed by atoms with E-state index in [2.05, 4.69) is 4.74 Å². The fourth-order valence-electron chi connectivity index (χ4n) is 1.04. The summed E-state index contributed by atoms with van der Waals surface area (Å²) < 4.78 is 52.0. The van der Waals surface area contributed by atoms with Gasteiger partial charge in [0, 0.05) is 6.04 Å². The van der Waals surface area contributed by atoms with Crippen LogP contribution in [0, 0.1) is 0 Å². The van der Waals surface area contributed by atoms with E-state index in [0.29, 0.717) is 0 Å². The number of benzene rings is 1. The van der Waals surface area contributed by atoms with Gasteiger partial charge in [-0.3, -0.25) is 0 Å². The molecule has 90 valence electrons. The van der Waals surface area contributed by atoms with Gasteiger partial charge in [0.1, 0.15) is 5.75 Å². The molecule has 1 aromatic rings. The third-order valence-electron chi connectivity index (χ3n) is 1.90. The minimum atomic E-state index is -5.01. The lowest BCUT2D eigenvalue weighted by molar-refractivity contribution is -0.236. The number of hydrogen-bond acceptors (Lipinski definition) is 2. The summed E-state index contributed by atoms with van der Waals surface area (Å²) >= 11 is 0. The topological polar surface area (TPSA) is 35.2 Å². The third kappa shape index (κ3) is 3.37. The van der Waals surface area contributed by atoms with Gasteiger partial charge in [0.05, 0.1) is 0 Å². The molecule has 0 aliphatic carbocycles. The second kappa shape index (κ2) is 4.69. The van der Waals surface area contributed by atoms with E-state index < -0.39 is 12.5 Å². The molecule has 0 aromatic heterocycles. The maximum absolute atomic E-state index is 12.5. The SMILES string of the molecule is CC(N)c1ccc(OC(F)C(F)(F)F)cc1. The second-order valence-electron chi connectivity index (χ2n) is 3.33. The van der Waals surface area contributed by atoms with Gasteiger partial charge in [-0.25, -0.2) is 0 Å². The van der Waals surface area contributed by atoms with Crippen molar-refractivity contribution in [1.29, 1.82) is 0 Å². The van der Waals surface area contributed by atoms with Crippen LogP contribution in [0.15, 0.2) is 24.3 Å². The van der Waals surface area contributed by atoms with Crippen molar-refractivity contribution in [3.05, 3.63) is 29.8 Å². The Bertz CT molecular complexity index is 334. The van der Waals surface area contributed by atoms with Crippen LogP contribution in [0.4, 0.5) is 17.6 Å². The van der Waals surface area contributed by atoms with Crippen molar-refractivity contribution in [3.8, 4) is 5.75 Å². The second-order valence-corrected chi connectivity index (χ2v) is 3.33. The molecule has 0 aliphatic rings. The fourth-order valence-corrected chi connectivity index (χ4v) is 1.04. The van der Waals surface area contributed by atoms with E-state index in [-0.39, 0.29) is 11.8 Å². The molecule has 2 unspecified atom stereocenters. The van der Waals surface area contributed by atoms with Crippen LogP contribution < -0.4 is 10.5 Å². The molecule has 16 heavy (non-hydrogen) atoms. The number of alkyl halides is 4. The Labute approximate surface area is 90.0 Å². The van der Waals surface area contributed by atoms with Crippen molar-refractivity contribution in [2.45, 2.75) is 25.5 Å². The van der Waals surface area contributed by atoms with Crippen LogP contribution in [0.25, 0.3) is 0 Å². The molecule has 0 amide bonds. The highest BCUT2D eigenvalue weighted by Gasteiger charge is 2.42. The first kappa shape index (κ1) is 12.8. The predicted octanol–water partition coefficient (Wildman–Crippen LogP) is 2.94. The van der Waals surface area contributed by atoms with Crippen LogP contribution in [0.3, 0.4) is 0 Å². The van der Waals surface area contributed by atoms with E-state index in [1.807, 2.05) is 0 Å². The lowest BCUT2D eigenvalue weighted by atomic mass is 10.1. The summed E-state index contributed by atoms with van der Waals surface area (Å²) in [5, 5.41) is 0. The molecule has 2 nitrogen and oxygen atoms in total. The first-order chi connectivity index (χ1) is 7.30. The highest BCUT2D eigenvalue weighted by atomic mass is 19.4. The molecule has 2 atom stereocenters. The van der Waals surface area contributed by atoms with Crippen LogP contribution in [-0.2, 0) is 0 Å². The predicted molar refractivity (Wildman–Crippen MR) is 50.6 cm³/mol. The number of rotatable bonds is 3. The molecular weight excluding hydrogens is 226 g/mol. The Hall–Kier alpha value is -1.30. The zero-order valence-electron chi connectivity index (χ0n) is 8.46. The molecule has 0 fully saturated rings. The zero-order valence-corrected chi connectivity index (χ0v) is 8.46. The van der Waals surface area contributed by atoms with Gasteiger partial charge in [-0.05, 0) is 24.6 Å². The van der Waals surface area contributed by atoms with Gasteiger partial charge in [0.2, 0.25) is 0 Å². The minimum Gasteiger partial charge on any atom is -0.452 e. The van der Waals surface area contributed by atoms with Crippen LogP contribution in [-0.4, -0.2) is 12.5 Å². The van der Waals surface area contributed by atoms with E-state index in [4.69, 9.17) is 5.73 Å². The van der Waals surface area contributed by atoms with E-state index in [0.717, 1.165) is 5.56 Å². The van der Waals surface area contributed by atoms with Gasteiger partial charge >= 0.3 is 12.5 Å². The van der Waals surface area contributed by atoms with E-state index in [1.54, 1.807) is 6.92 Å². The molecule has 0 saturated carbocycles. The summed E-state index contributed by atoms with van der Waals surface area (Å²) in [5.41, 5.74) is 6.27. The summed E-state index contributed by atoms with van der Waals surface area (Å²) in [4.78, 5) is 0. The average molecular weight is 237 g/mol. The summed E-state index contributed by atoms with van der Waals surface area (Å²) in [6.45, 7) is 1.73. The van der Waals surface area contributed by atoms with Gasteiger partial charge in [0.25, 0.3) is 0 Å². The maximum Gasteiger partial charge on any atom is 0.457 e. The number of hydrogen-bond donors (Lipinski definition) is 1. The normalized spacial score (nSPS) is 15.6. The summed E-state index contributed by atoms with van der Waals surface area (Å²) in [6.07, 6.45) is -8.33. The molecule has 0 radical (unpaired) electrons. The summed E-state index contributed by atoms with van der Waals surface area (Å²) in [6, 6.07) is 5.23. The monoisotopic (exact) mass is 237 g/mol. The summed E-state index contributed by atoms with van der Waals surface area (Å²) in [5.74, 6) is -0.186. The molecule has 2 N–H and O–H groups in total. The van der Waals surface area contributed by atoms with E-state index >= 15 is 0 Å². The lowest BCUT2D eigenvalue weighted by Crippen LogP contribution is -2.29. The van der Waals surface area contributed by atoms with Crippen LogP contribution in [0.2, 0.25) is 0 Å². The Morgan fingerprint density at radius 1 is 1.19 bits per heavy atom. The van der Waals surface area contributed by atoms with Gasteiger partial charge < -0.3 is 10.5 Å². The smallest absolute Gasteiger partial charge is 0.452 e. The fraction of sp³-hybridized carbons (Fsp3) is 0.400. The number of nitrogens with two attached hydrogens (primary N) is 1. The van der Waals surface area contributed by atoms with Crippen molar-refractivity contribution < 1.29 is 22.3 Å². The average Bonchev–Trinajstić information content (AvgIpc) is 2.17. The highest BCUT2D eigenvalue weighted by Crippen LogP contribution is 2.26. The Morgan fingerprint density at radius 3 is 2.06 bits per heavy atom. The van der Waals surface area contributed by atoms with E-state index in [9.17, 15) is 17.6 Å². The molecular formula is C10H11F4NO. The molecule has 0 aliphatic heterocycles. The third-order valence-corrected chi connectivity index (χ3v) is 1.90. The van der Waals surface area contributed by atoms with Crippen molar-refractivity contribution in [1.82, 2.24) is 0 Å². The first-order valence-corrected chi connectivity index (χ1v) is 4.53. The number of ether oxygens (including phenoxy) is 1. The minimum absolute atomic E-state index is 0.186. The zero-order chi connectivity index (χ0) is 12.3. The lowest BCUT2D eigenvalue weighted by Gasteiger charge is -2.14. The molecule has 0 saturated heterocycles. The quantitative estimate of drug-likeness (QED) is 0.820. The van der Waals surface area contributed by atoms with Crippen molar-refractivity contribution in [2.75, 3.05) is 0 Å². The largest absolute Gasteiger partial charge is 0.457 e. The standard InChI is InChI=1S/C10H11F4NO/c1-6(15)7-2-4-8(5-3-7)16-9(11)10(12,13)14/h2-6,9H,15H2,1H3. The Balaban J connectivity index is 2.69. The molecule has 0 bridgehead atoms. The van der Waals surface area contributed by atoms with Crippen LogP contribution in [0.5, 0.6) is 5.75 Å². The highest BCUT2D eigenvalue weighted by molar-refractivity contribution is 5.28. The first-order valence-electron chi connectivity index (χ1n) is 4.53. The van der Waals surface area contributed by atoms with Crippen molar-refractivity contribution in [3.63, 3.8) is 0 Å². The van der Waals surface area contributed by atoms with Crippen molar-refractivity contribution >= 4 is 0 Å². The molecule has 0 spiro atoms. The Morgan fingerprint density at radius 2 is 1.69 bits per heavy atom. The van der Waals surface area contributed by atoms with Gasteiger partial charge in [-0.15, -0.1) is 0 Å². The maximum atomic E-state index is 12.5. The Kier molecular flexibility index (Phi) is 3.74. The van der Waals surface area contributed by atoms with Gasteiger partial charge in [-0.2, -0.15) is 17.6 Å². The van der Waals surface area contributed by atoms with Gasteiger partial charge in [0.15, 0.2) is 0 Å². The van der Waals surface area contributed by atoms with Gasteiger partial charge in [-0.1, -0.05) is 12.1 Å². The van der Waals surface area contributed by atoms with E-state index in [1.165, 1.54) is 24.3 Å².